The highest BCUT2D eigenvalue weighted by Crippen LogP contribution is 2.17. The molecular weight excluding hydrogens is 188 g/mol. The van der Waals surface area contributed by atoms with Crippen molar-refractivity contribution in [3.05, 3.63) is 53.9 Å². The lowest BCUT2D eigenvalue weighted by Crippen LogP contribution is -1.97. The van der Waals surface area contributed by atoms with Gasteiger partial charge in [-0.1, -0.05) is 18.2 Å². The molecule has 15 heavy (non-hydrogen) atoms. The van der Waals surface area contributed by atoms with Crippen LogP contribution in [0.5, 0.6) is 5.75 Å². The van der Waals surface area contributed by atoms with Gasteiger partial charge in [0, 0.05) is 11.8 Å². The minimum absolute atomic E-state index is 0.528. The maximum absolute atomic E-state index is 5.66. The molecule has 1 aromatic heterocycles. The number of nitrogens with zero attached hydrogens (tertiary/aromatic N) is 2. The van der Waals surface area contributed by atoms with Gasteiger partial charge in [0.1, 0.15) is 12.4 Å². The van der Waals surface area contributed by atoms with Crippen LogP contribution in [0.3, 0.4) is 0 Å². The van der Waals surface area contributed by atoms with Crippen molar-refractivity contribution in [3.63, 3.8) is 0 Å². The number of hydrogen-bond donors (Lipinski definition) is 0. The maximum atomic E-state index is 5.66. The molecule has 0 unspecified atom stereocenters. The summed E-state index contributed by atoms with van der Waals surface area (Å²) in [5, 5.41) is 7.50. The molecule has 3 nitrogen and oxygen atoms in total. The van der Waals surface area contributed by atoms with E-state index in [9.17, 15) is 0 Å². The van der Waals surface area contributed by atoms with Crippen LogP contribution in [0.25, 0.3) is 0 Å². The summed E-state index contributed by atoms with van der Waals surface area (Å²) in [6, 6.07) is 9.85. The van der Waals surface area contributed by atoms with Gasteiger partial charge in [0.05, 0.1) is 6.20 Å². The van der Waals surface area contributed by atoms with Crippen LogP contribution >= 0.6 is 0 Å². The van der Waals surface area contributed by atoms with Crippen molar-refractivity contribution in [1.82, 2.24) is 10.2 Å². The minimum atomic E-state index is 0.528. The quantitative estimate of drug-likeness (QED) is 0.762. The van der Waals surface area contributed by atoms with Gasteiger partial charge in [0.25, 0.3) is 0 Å². The molecule has 0 bridgehead atoms. The predicted molar refractivity (Wildman–Crippen MR) is 57.5 cm³/mol. The Bertz CT molecular complexity index is 429. The topological polar surface area (TPSA) is 35.0 Å². The molecule has 0 saturated carbocycles. The van der Waals surface area contributed by atoms with Gasteiger partial charge in [-0.2, -0.15) is 10.2 Å². The third-order valence-electron chi connectivity index (χ3n) is 2.13. The molecule has 0 fully saturated rings. The fraction of sp³-hybridized carbons (Fsp3) is 0.167. The van der Waals surface area contributed by atoms with Gasteiger partial charge in [0.15, 0.2) is 0 Å². The number of para-hydroxylation sites is 1. The first-order chi connectivity index (χ1) is 7.36. The Morgan fingerprint density at radius 1 is 1.13 bits per heavy atom. The molecule has 2 aromatic rings. The summed E-state index contributed by atoms with van der Waals surface area (Å²) in [6.45, 7) is 2.56. The van der Waals surface area contributed by atoms with Crippen molar-refractivity contribution in [1.29, 1.82) is 0 Å². The van der Waals surface area contributed by atoms with Crippen LogP contribution in [0.1, 0.15) is 11.1 Å². The largest absolute Gasteiger partial charge is 0.489 e. The highest BCUT2D eigenvalue weighted by Gasteiger charge is 1.98. The predicted octanol–water partition coefficient (Wildman–Crippen LogP) is 2.36. The van der Waals surface area contributed by atoms with Crippen LogP contribution in [0.2, 0.25) is 0 Å². The summed E-state index contributed by atoms with van der Waals surface area (Å²) in [4.78, 5) is 0. The van der Waals surface area contributed by atoms with Gasteiger partial charge < -0.3 is 4.74 Å². The number of aromatic nitrogens is 2. The second kappa shape index (κ2) is 4.55. The fourth-order valence-corrected chi connectivity index (χ4v) is 1.28. The molecule has 76 valence electrons. The zero-order valence-electron chi connectivity index (χ0n) is 8.55. The van der Waals surface area contributed by atoms with Crippen molar-refractivity contribution in [2.45, 2.75) is 13.5 Å². The van der Waals surface area contributed by atoms with E-state index in [-0.39, 0.29) is 0 Å². The smallest absolute Gasteiger partial charge is 0.122 e. The summed E-state index contributed by atoms with van der Waals surface area (Å²) in [6.07, 6.45) is 3.37. The molecule has 0 aliphatic rings. The molecule has 0 aliphatic carbocycles. The summed E-state index contributed by atoms with van der Waals surface area (Å²) >= 11 is 0. The Kier molecular flexibility index (Phi) is 2.93. The van der Waals surface area contributed by atoms with Gasteiger partial charge in [-0.05, 0) is 24.6 Å². The zero-order valence-corrected chi connectivity index (χ0v) is 8.55. The van der Waals surface area contributed by atoms with Crippen molar-refractivity contribution in [2.24, 2.45) is 0 Å². The van der Waals surface area contributed by atoms with Crippen LogP contribution in [-0.2, 0) is 6.61 Å². The SMILES string of the molecule is Cc1ccccc1OCc1ccnnc1. The summed E-state index contributed by atoms with van der Waals surface area (Å²) in [7, 11) is 0. The summed E-state index contributed by atoms with van der Waals surface area (Å²) in [5.74, 6) is 0.911. The Labute approximate surface area is 88.7 Å². The normalized spacial score (nSPS) is 9.93. The van der Waals surface area contributed by atoms with Gasteiger partial charge >= 0.3 is 0 Å². The lowest BCUT2D eigenvalue weighted by molar-refractivity contribution is 0.303. The highest BCUT2D eigenvalue weighted by atomic mass is 16.5. The van der Waals surface area contributed by atoms with E-state index in [0.717, 1.165) is 16.9 Å². The average Bonchev–Trinajstić information content (AvgIpc) is 2.29. The molecule has 0 N–H and O–H groups in total. The first-order valence-electron chi connectivity index (χ1n) is 4.80. The maximum Gasteiger partial charge on any atom is 0.122 e. The second-order valence-electron chi connectivity index (χ2n) is 3.30. The minimum Gasteiger partial charge on any atom is -0.489 e. The van der Waals surface area contributed by atoms with Gasteiger partial charge in [-0.25, -0.2) is 0 Å². The molecule has 1 heterocycles. The monoisotopic (exact) mass is 200 g/mol. The van der Waals surface area contributed by atoms with Gasteiger partial charge in [-0.3, -0.25) is 0 Å². The molecule has 0 atom stereocenters. The van der Waals surface area contributed by atoms with Gasteiger partial charge in [-0.15, -0.1) is 0 Å². The fourth-order valence-electron chi connectivity index (χ4n) is 1.28. The Balaban J connectivity index is 2.03. The summed E-state index contributed by atoms with van der Waals surface area (Å²) < 4.78 is 5.66. The molecule has 2 rings (SSSR count). The Morgan fingerprint density at radius 2 is 2.00 bits per heavy atom. The van der Waals surface area contributed by atoms with E-state index in [2.05, 4.69) is 10.2 Å². The van der Waals surface area contributed by atoms with E-state index in [1.165, 1.54) is 0 Å². The third kappa shape index (κ3) is 2.53. The molecule has 0 spiro atoms. The van der Waals surface area contributed by atoms with Gasteiger partial charge in [0.2, 0.25) is 0 Å². The molecule has 0 aliphatic heterocycles. The first-order valence-corrected chi connectivity index (χ1v) is 4.80. The summed E-state index contributed by atoms with van der Waals surface area (Å²) in [5.41, 5.74) is 2.16. The lowest BCUT2D eigenvalue weighted by Gasteiger charge is -2.07. The van der Waals surface area contributed by atoms with E-state index >= 15 is 0 Å². The lowest BCUT2D eigenvalue weighted by atomic mass is 10.2. The van der Waals surface area contributed by atoms with Crippen molar-refractivity contribution < 1.29 is 4.74 Å². The molecule has 3 heteroatoms. The molecule has 1 aromatic carbocycles. The van der Waals surface area contributed by atoms with E-state index in [1.54, 1.807) is 12.4 Å². The van der Waals surface area contributed by atoms with Crippen LogP contribution in [0, 0.1) is 6.92 Å². The van der Waals surface area contributed by atoms with E-state index in [1.807, 2.05) is 37.3 Å². The Morgan fingerprint density at radius 3 is 2.73 bits per heavy atom. The number of hydrogen-bond acceptors (Lipinski definition) is 3. The van der Waals surface area contributed by atoms with Crippen molar-refractivity contribution in [3.8, 4) is 5.75 Å². The van der Waals surface area contributed by atoms with Crippen LogP contribution in [-0.4, -0.2) is 10.2 Å². The Hall–Kier alpha value is -1.90. The first kappa shape index (κ1) is 9.65. The van der Waals surface area contributed by atoms with Crippen molar-refractivity contribution >= 4 is 0 Å². The molecule has 0 amide bonds. The van der Waals surface area contributed by atoms with Crippen LogP contribution in [0.15, 0.2) is 42.7 Å². The zero-order chi connectivity index (χ0) is 10.5. The standard InChI is InChI=1S/C12H12N2O/c1-10-4-2-3-5-12(10)15-9-11-6-7-13-14-8-11/h2-8H,9H2,1H3. The second-order valence-corrected chi connectivity index (χ2v) is 3.30. The number of ether oxygens (including phenoxy) is 1. The number of aryl methyl sites for hydroxylation is 1. The van der Waals surface area contributed by atoms with E-state index in [0.29, 0.717) is 6.61 Å². The van der Waals surface area contributed by atoms with E-state index < -0.39 is 0 Å². The van der Waals surface area contributed by atoms with Crippen molar-refractivity contribution in [2.75, 3.05) is 0 Å². The number of benzene rings is 1. The molecular formula is C12H12N2O. The third-order valence-corrected chi connectivity index (χ3v) is 2.13. The van der Waals surface area contributed by atoms with Crippen LogP contribution in [0.4, 0.5) is 0 Å². The van der Waals surface area contributed by atoms with Crippen LogP contribution < -0.4 is 4.74 Å². The average molecular weight is 200 g/mol. The molecule has 0 saturated heterocycles. The molecule has 0 radical (unpaired) electrons. The van der Waals surface area contributed by atoms with E-state index in [4.69, 9.17) is 4.74 Å². The highest BCUT2D eigenvalue weighted by molar-refractivity contribution is 5.31. The number of rotatable bonds is 3.